The van der Waals surface area contributed by atoms with Gasteiger partial charge in [0.15, 0.2) is 14.1 Å². The number of nitrogens with one attached hydrogen (secondary N) is 1. The molecule has 3 aliphatic rings. The molecule has 0 aromatic heterocycles. The van der Waals surface area contributed by atoms with Gasteiger partial charge in [-0.2, -0.15) is 0 Å². The zero-order valence-electron chi connectivity index (χ0n) is 28.7. The van der Waals surface area contributed by atoms with Crippen LogP contribution in [0.25, 0.3) is 0 Å². The number of hydrogen-bond acceptors (Lipinski definition) is 7. The zero-order valence-corrected chi connectivity index (χ0v) is 30.5. The third kappa shape index (κ3) is 7.45. The van der Waals surface area contributed by atoms with Crippen molar-refractivity contribution in [3.8, 4) is 0 Å². The van der Waals surface area contributed by atoms with Crippen LogP contribution >= 0.6 is 0 Å². The summed E-state index contributed by atoms with van der Waals surface area (Å²) in [6.07, 6.45) is 1.96. The van der Waals surface area contributed by atoms with Crippen LogP contribution in [-0.2, 0) is 36.8 Å². The van der Waals surface area contributed by atoms with Crippen LogP contribution in [0.15, 0.2) is 57.8 Å². The Bertz CT molecular complexity index is 1420. The largest absolute Gasteiger partial charge is 0.415 e. The van der Waals surface area contributed by atoms with Gasteiger partial charge in [-0.05, 0) is 73.6 Å². The van der Waals surface area contributed by atoms with Gasteiger partial charge in [-0.15, -0.1) is 0 Å². The minimum Gasteiger partial charge on any atom is -0.415 e. The predicted molar refractivity (Wildman–Crippen MR) is 184 cm³/mol. The van der Waals surface area contributed by atoms with Gasteiger partial charge in [0, 0.05) is 29.2 Å². The van der Waals surface area contributed by atoms with Crippen LogP contribution in [0.5, 0.6) is 0 Å². The Labute approximate surface area is 273 Å². The molecule has 2 aromatic carbocycles. The molecule has 9 heteroatoms. The fourth-order valence-corrected chi connectivity index (χ4v) is 10.6. The van der Waals surface area contributed by atoms with Crippen molar-refractivity contribution in [1.29, 1.82) is 0 Å². The van der Waals surface area contributed by atoms with E-state index in [2.05, 4.69) is 65.2 Å². The number of piperidine rings is 1. The number of ether oxygens (including phenoxy) is 2. The van der Waals surface area contributed by atoms with Crippen molar-refractivity contribution in [2.45, 2.75) is 127 Å². The molecule has 2 aliphatic heterocycles. The van der Waals surface area contributed by atoms with E-state index in [0.29, 0.717) is 57.8 Å². The Hall–Kier alpha value is -1.59. The first-order chi connectivity index (χ1) is 21.1. The smallest absolute Gasteiger partial charge is 0.192 e. The molecule has 250 valence electrons. The van der Waals surface area contributed by atoms with Gasteiger partial charge in [0.05, 0.1) is 47.4 Å². The molecule has 45 heavy (non-hydrogen) atoms. The van der Waals surface area contributed by atoms with Gasteiger partial charge in [-0.25, -0.2) is 8.57 Å². The Morgan fingerprint density at radius 3 is 2.27 bits per heavy atom. The zero-order chi connectivity index (χ0) is 32.7. The fourth-order valence-electron chi connectivity index (χ4n) is 6.77. The summed E-state index contributed by atoms with van der Waals surface area (Å²) in [7, 11) is -4.96. The van der Waals surface area contributed by atoms with Gasteiger partial charge in [0.2, 0.25) is 0 Å². The SMILES string of the molecule is Cc1ccc(S(=O)(C[C@]23CCC4(C[C@H]2[C@@H](O)CCN3)OCc2ccccc2CO4)=N[C@H](CO[Si](C)(C)C(C)(C)C)C(C)C)cc1. The highest BCUT2D eigenvalue weighted by Gasteiger charge is 2.56. The van der Waals surface area contributed by atoms with Gasteiger partial charge in [0.25, 0.3) is 0 Å². The van der Waals surface area contributed by atoms with Crippen LogP contribution in [0.4, 0.5) is 0 Å². The van der Waals surface area contributed by atoms with Crippen LogP contribution in [0.1, 0.15) is 77.0 Å². The molecule has 2 fully saturated rings. The molecule has 2 heterocycles. The van der Waals surface area contributed by atoms with Crippen molar-refractivity contribution in [1.82, 2.24) is 5.32 Å². The van der Waals surface area contributed by atoms with E-state index in [1.54, 1.807) is 0 Å². The van der Waals surface area contributed by atoms with Gasteiger partial charge < -0.3 is 24.3 Å². The lowest BCUT2D eigenvalue weighted by Gasteiger charge is -2.55. The molecule has 0 amide bonds. The number of aryl methyl sites for hydroxylation is 1. The van der Waals surface area contributed by atoms with Crippen LogP contribution < -0.4 is 5.32 Å². The lowest BCUT2D eigenvalue weighted by Crippen LogP contribution is -2.67. The van der Waals surface area contributed by atoms with E-state index in [1.807, 2.05) is 43.3 Å². The number of aliphatic hydroxyl groups excluding tert-OH is 1. The summed E-state index contributed by atoms with van der Waals surface area (Å²) in [5.74, 6) is -0.497. The first kappa shape index (κ1) is 34.7. The summed E-state index contributed by atoms with van der Waals surface area (Å²) in [5, 5.41) is 15.4. The van der Waals surface area contributed by atoms with E-state index in [4.69, 9.17) is 18.3 Å². The number of benzene rings is 2. The Balaban J connectivity index is 1.49. The number of aliphatic hydroxyl groups is 1. The second kappa shape index (κ2) is 13.1. The van der Waals surface area contributed by atoms with Gasteiger partial charge >= 0.3 is 0 Å². The van der Waals surface area contributed by atoms with Crippen LogP contribution in [0, 0.1) is 18.8 Å². The molecule has 2 N–H and O–H groups in total. The maximum Gasteiger partial charge on any atom is 0.192 e. The molecule has 0 bridgehead atoms. The minimum atomic E-state index is -2.92. The second-order valence-corrected chi connectivity index (χ2v) is 22.7. The summed E-state index contributed by atoms with van der Waals surface area (Å²) in [4.78, 5) is 0.749. The summed E-state index contributed by atoms with van der Waals surface area (Å²) in [6, 6.07) is 16.1. The third-order valence-electron chi connectivity index (χ3n) is 11.0. The van der Waals surface area contributed by atoms with Gasteiger partial charge in [-0.3, -0.25) is 0 Å². The molecule has 1 unspecified atom stereocenters. The van der Waals surface area contributed by atoms with Crippen molar-refractivity contribution in [3.63, 3.8) is 0 Å². The maximum atomic E-state index is 15.5. The summed E-state index contributed by atoms with van der Waals surface area (Å²) in [5.41, 5.74) is 2.85. The van der Waals surface area contributed by atoms with Crippen molar-refractivity contribution in [3.05, 3.63) is 65.2 Å². The molecular formula is C36H56N2O5SSi. The molecular weight excluding hydrogens is 601 g/mol. The van der Waals surface area contributed by atoms with Crippen LogP contribution in [-0.4, -0.2) is 60.0 Å². The molecule has 1 aliphatic carbocycles. The standard InChI is InChI=1S/C36H56N2O5SSi/c1-26(2)32(24-43-45(7,8)34(4,5)6)38-44(40,30-15-13-27(3)14-16-30)25-35-18-19-36(21-31(35)33(39)17-20-37-35)41-22-28-11-9-10-12-29(28)23-42-36/h9-16,26,31-33,37,39H,17-25H2,1-8H3/t31-,32+,33-,35+,44?/m0/s1. The minimum absolute atomic E-state index is 0.0722. The first-order valence-corrected chi connectivity index (χ1v) is 21.4. The van der Waals surface area contributed by atoms with E-state index in [-0.39, 0.29) is 22.9 Å². The molecule has 5 rings (SSSR count). The van der Waals surface area contributed by atoms with Crippen LogP contribution in [0.3, 0.4) is 0 Å². The average Bonchev–Trinajstić information content (AvgIpc) is 3.15. The summed E-state index contributed by atoms with van der Waals surface area (Å²) >= 11 is 0. The Morgan fingerprint density at radius 1 is 1.07 bits per heavy atom. The van der Waals surface area contributed by atoms with Crippen LogP contribution in [0.2, 0.25) is 18.1 Å². The lowest BCUT2D eigenvalue weighted by molar-refractivity contribution is -0.280. The van der Waals surface area contributed by atoms with E-state index in [1.165, 1.54) is 0 Å². The van der Waals surface area contributed by atoms with E-state index < -0.39 is 35.5 Å². The maximum absolute atomic E-state index is 15.5. The number of nitrogens with zero attached hydrogens (tertiary/aromatic N) is 1. The summed E-state index contributed by atoms with van der Waals surface area (Å²) < 4.78 is 40.6. The highest BCUT2D eigenvalue weighted by atomic mass is 32.2. The predicted octanol–water partition coefficient (Wildman–Crippen LogP) is 7.20. The fraction of sp³-hybridized carbons (Fsp3) is 0.667. The van der Waals surface area contributed by atoms with Gasteiger partial charge in [-0.1, -0.05) is 76.6 Å². The molecule has 7 nitrogen and oxygen atoms in total. The molecule has 2 aromatic rings. The number of rotatable bonds is 8. The van der Waals surface area contributed by atoms with Crippen molar-refractivity contribution in [2.24, 2.45) is 16.2 Å². The van der Waals surface area contributed by atoms with Gasteiger partial charge in [0.1, 0.15) is 0 Å². The summed E-state index contributed by atoms with van der Waals surface area (Å²) in [6.45, 7) is 19.7. The second-order valence-electron chi connectivity index (χ2n) is 15.6. The quantitative estimate of drug-likeness (QED) is 0.292. The monoisotopic (exact) mass is 656 g/mol. The number of fused-ring (bicyclic) bond motifs is 2. The van der Waals surface area contributed by atoms with E-state index in [0.717, 1.165) is 21.6 Å². The van der Waals surface area contributed by atoms with E-state index in [9.17, 15) is 5.11 Å². The molecule has 1 spiro atoms. The molecule has 5 atom stereocenters. The first-order valence-electron chi connectivity index (χ1n) is 16.8. The van der Waals surface area contributed by atoms with Crippen molar-refractivity contribution < 1.29 is 23.2 Å². The Morgan fingerprint density at radius 2 is 1.69 bits per heavy atom. The van der Waals surface area contributed by atoms with Crippen molar-refractivity contribution in [2.75, 3.05) is 18.9 Å². The highest BCUT2D eigenvalue weighted by Crippen LogP contribution is 2.48. The normalized spacial score (nSPS) is 27.2. The number of hydrogen-bond donors (Lipinski definition) is 2. The molecule has 0 radical (unpaired) electrons. The molecule has 1 saturated carbocycles. The third-order valence-corrected chi connectivity index (χ3v) is 18.0. The topological polar surface area (TPSA) is 89.4 Å². The van der Waals surface area contributed by atoms with E-state index >= 15 is 4.21 Å². The average molecular weight is 657 g/mol. The Kier molecular flexibility index (Phi) is 10.1. The molecule has 1 saturated heterocycles. The lowest BCUT2D eigenvalue weighted by atomic mass is 9.66. The van der Waals surface area contributed by atoms with Crippen molar-refractivity contribution >= 4 is 18.0 Å². The highest BCUT2D eigenvalue weighted by molar-refractivity contribution is 7.93.